The highest BCUT2D eigenvalue weighted by atomic mass is 35.5. The number of ether oxygens (including phenoxy) is 6. The van der Waals surface area contributed by atoms with Gasteiger partial charge in [0.25, 0.3) is 0 Å². The number of fused-ring (bicyclic) bond motifs is 10. The molecule has 2 saturated carbocycles. The van der Waals surface area contributed by atoms with Crippen molar-refractivity contribution in [3.8, 4) is 0 Å². The van der Waals surface area contributed by atoms with Gasteiger partial charge in [-0.3, -0.25) is 19.2 Å². The Hall–Kier alpha value is 0.760. The molecule has 0 spiro atoms. The second kappa shape index (κ2) is 13.9. The first-order chi connectivity index (χ1) is 22.2. The van der Waals surface area contributed by atoms with E-state index in [0.29, 0.717) is 0 Å². The van der Waals surface area contributed by atoms with Crippen molar-refractivity contribution >= 4 is 163 Å². The van der Waals surface area contributed by atoms with Crippen molar-refractivity contribution < 1.29 is 47.6 Å². The fraction of sp³-hybridized carbons (Fsp3) is 0.692. The third-order valence-corrected chi connectivity index (χ3v) is 17.3. The van der Waals surface area contributed by atoms with Crippen molar-refractivity contribution in [1.29, 1.82) is 0 Å². The molecule has 268 valence electrons. The molecule has 1 saturated heterocycles. The van der Waals surface area contributed by atoms with E-state index in [2.05, 4.69) is 0 Å². The lowest BCUT2D eigenvalue weighted by atomic mass is 9.82. The monoisotopic (exact) mass is 912 g/mol. The number of allylic oxidation sites excluding steroid dienone is 4. The van der Waals surface area contributed by atoms with Crippen molar-refractivity contribution in [1.82, 2.24) is 0 Å². The van der Waals surface area contributed by atoms with Crippen molar-refractivity contribution in [2.75, 3.05) is 52.9 Å². The van der Waals surface area contributed by atoms with Crippen LogP contribution in [0.1, 0.15) is 0 Å². The van der Waals surface area contributed by atoms with Gasteiger partial charge in [0.1, 0.15) is 45.9 Å². The quantitative estimate of drug-likeness (QED) is 0.154. The number of esters is 4. The molecule has 3 fully saturated rings. The number of hydrogen-bond donors (Lipinski definition) is 0. The molecule has 22 heteroatoms. The summed E-state index contributed by atoms with van der Waals surface area (Å²) in [5, 5.41) is -1.37. The van der Waals surface area contributed by atoms with Crippen LogP contribution in [0.2, 0.25) is 0 Å². The standard InChI is InChI=1S/C26H20Cl12O10/c27-13-14(28)22(32)10-9(21(13,31)25(22,35)36)17(39)45-5-1-43-2-6-46-18(40)11-12(20(42)48-8-4-44-3-7-47-19(10)41)24(34)16(30)15(29)23(11,33)26(24,37)38/h9-12H,1-8H2. The summed E-state index contributed by atoms with van der Waals surface area (Å²) in [5.74, 6) is -10.8. The molecule has 1 aliphatic heterocycles. The van der Waals surface area contributed by atoms with Gasteiger partial charge in [0.15, 0.2) is 8.67 Å². The fourth-order valence-corrected chi connectivity index (χ4v) is 12.4. The van der Waals surface area contributed by atoms with Gasteiger partial charge in [-0.05, 0) is 0 Å². The van der Waals surface area contributed by atoms with E-state index < -0.39 is 75.7 Å². The van der Waals surface area contributed by atoms with Gasteiger partial charge in [-0.1, -0.05) is 92.8 Å². The molecule has 5 rings (SSSR count). The Morgan fingerprint density at radius 2 is 0.562 bits per heavy atom. The fourth-order valence-electron chi connectivity index (χ4n) is 6.53. The Bertz CT molecular complexity index is 1280. The summed E-state index contributed by atoms with van der Waals surface area (Å²) in [5.41, 5.74) is 0. The first-order valence-corrected chi connectivity index (χ1v) is 18.2. The largest absolute Gasteiger partial charge is 0.463 e. The van der Waals surface area contributed by atoms with E-state index in [9.17, 15) is 19.2 Å². The lowest BCUT2D eigenvalue weighted by Crippen LogP contribution is -2.47. The molecule has 48 heavy (non-hydrogen) atoms. The highest BCUT2D eigenvalue weighted by Crippen LogP contribution is 2.77. The maximum Gasteiger partial charge on any atom is 0.312 e. The third-order valence-electron chi connectivity index (χ3n) is 8.78. The molecular weight excluding hydrogens is 898 g/mol. The van der Waals surface area contributed by atoms with Gasteiger partial charge in [0, 0.05) is 0 Å². The Kier molecular flexibility index (Phi) is 11.5. The van der Waals surface area contributed by atoms with Gasteiger partial charge >= 0.3 is 23.9 Å². The van der Waals surface area contributed by atoms with E-state index in [4.69, 9.17) is 168 Å². The average Bonchev–Trinajstić information content (AvgIpc) is 3.36. The molecule has 1 heterocycles. The molecule has 4 aliphatic carbocycles. The van der Waals surface area contributed by atoms with Crippen LogP contribution >= 0.6 is 139 Å². The van der Waals surface area contributed by atoms with Crippen LogP contribution in [0.15, 0.2) is 20.1 Å². The zero-order chi connectivity index (χ0) is 35.8. The zero-order valence-corrected chi connectivity index (χ0v) is 32.7. The van der Waals surface area contributed by atoms with E-state index in [1.165, 1.54) is 0 Å². The summed E-state index contributed by atoms with van der Waals surface area (Å²) in [6.45, 7) is -2.48. The van der Waals surface area contributed by atoms with Crippen LogP contribution in [0, 0.1) is 23.7 Å². The SMILES string of the molecule is O=C1OCCOCCOC(=O)C2C(C(=O)OCCOCCOC(=O)C3C1C1(Cl)C(Cl)=C(Cl)C3(Cl)C1(Cl)Cl)C1(Cl)C(Cl)=C(Cl)C2(Cl)C1(Cl)Cl. The lowest BCUT2D eigenvalue weighted by Gasteiger charge is -2.33. The molecule has 0 amide bonds. The second-order valence-corrected chi connectivity index (χ2v) is 17.6. The number of halogens is 12. The van der Waals surface area contributed by atoms with Crippen molar-refractivity contribution in [3.63, 3.8) is 0 Å². The van der Waals surface area contributed by atoms with Gasteiger partial charge in [-0.2, -0.15) is 0 Å². The zero-order valence-electron chi connectivity index (χ0n) is 23.6. The minimum absolute atomic E-state index is 0.236. The van der Waals surface area contributed by atoms with E-state index >= 15 is 0 Å². The summed E-state index contributed by atoms with van der Waals surface area (Å²) in [4.78, 5) is 44.9. The van der Waals surface area contributed by atoms with E-state index in [0.717, 1.165) is 0 Å². The molecule has 5 aliphatic rings. The van der Waals surface area contributed by atoms with Crippen LogP contribution in [0.25, 0.3) is 0 Å². The number of hydrogen-bond acceptors (Lipinski definition) is 10. The average molecular weight is 918 g/mol. The number of carbonyl (C=O) groups is 4. The van der Waals surface area contributed by atoms with Crippen LogP contribution in [0.4, 0.5) is 0 Å². The first-order valence-electron chi connectivity index (χ1n) is 13.7. The summed E-state index contributed by atoms with van der Waals surface area (Å²) in [7, 11) is 0. The predicted molar refractivity (Wildman–Crippen MR) is 180 cm³/mol. The minimum Gasteiger partial charge on any atom is -0.463 e. The molecule has 0 aromatic heterocycles. The second-order valence-electron chi connectivity index (χ2n) is 11.1. The van der Waals surface area contributed by atoms with Crippen LogP contribution in [0.3, 0.4) is 0 Å². The molecule has 0 N–H and O–H groups in total. The van der Waals surface area contributed by atoms with Crippen LogP contribution in [-0.2, 0) is 47.6 Å². The predicted octanol–water partition coefficient (Wildman–Crippen LogP) is 6.36. The highest BCUT2D eigenvalue weighted by Gasteiger charge is 2.87. The molecule has 0 aromatic carbocycles. The van der Waals surface area contributed by atoms with Crippen LogP contribution in [0.5, 0.6) is 0 Å². The van der Waals surface area contributed by atoms with Crippen LogP contribution in [-0.4, -0.2) is 105 Å². The third kappa shape index (κ3) is 5.24. The molecule has 0 radical (unpaired) electrons. The topological polar surface area (TPSA) is 124 Å². The Morgan fingerprint density at radius 3 is 0.750 bits per heavy atom. The van der Waals surface area contributed by atoms with Gasteiger partial charge in [0.05, 0.1) is 70.2 Å². The molecule has 8 unspecified atom stereocenters. The minimum atomic E-state index is -2.27. The Labute approximate surface area is 332 Å². The Balaban J connectivity index is 1.36. The van der Waals surface area contributed by atoms with E-state index in [-0.39, 0.29) is 73.0 Å². The first kappa shape index (κ1) is 40.0. The van der Waals surface area contributed by atoms with Crippen molar-refractivity contribution in [2.24, 2.45) is 23.7 Å². The Morgan fingerprint density at radius 1 is 0.375 bits per heavy atom. The maximum atomic E-state index is 13.4. The smallest absolute Gasteiger partial charge is 0.312 e. The summed E-state index contributed by atoms with van der Waals surface area (Å²) in [6, 6.07) is 0. The van der Waals surface area contributed by atoms with E-state index in [1.807, 2.05) is 0 Å². The van der Waals surface area contributed by atoms with Gasteiger partial charge < -0.3 is 28.4 Å². The lowest BCUT2D eigenvalue weighted by molar-refractivity contribution is -0.164. The number of carbonyl (C=O) groups excluding carboxylic acids is 4. The van der Waals surface area contributed by atoms with Crippen LogP contribution < -0.4 is 0 Å². The molecule has 4 bridgehead atoms. The summed E-state index contributed by atoms with van der Waals surface area (Å²) >= 11 is 78.8. The molecule has 0 aromatic rings. The number of cyclic esters (lactones) is 4. The van der Waals surface area contributed by atoms with Gasteiger partial charge in [-0.15, -0.1) is 46.4 Å². The van der Waals surface area contributed by atoms with Gasteiger partial charge in [0.2, 0.25) is 0 Å². The van der Waals surface area contributed by atoms with Crippen molar-refractivity contribution in [3.05, 3.63) is 20.1 Å². The summed E-state index contributed by atoms with van der Waals surface area (Å²) < 4.78 is 27.5. The molecule has 10 nitrogen and oxygen atoms in total. The number of rotatable bonds is 0. The molecule has 8 atom stereocenters. The molecular formula is C26H20Cl12O10. The van der Waals surface area contributed by atoms with Gasteiger partial charge in [-0.25, -0.2) is 0 Å². The van der Waals surface area contributed by atoms with Crippen molar-refractivity contribution in [2.45, 2.75) is 28.2 Å². The highest BCUT2D eigenvalue weighted by molar-refractivity contribution is 6.67. The summed E-state index contributed by atoms with van der Waals surface area (Å²) in [6.07, 6.45) is 0. The number of alkyl halides is 8. The maximum absolute atomic E-state index is 13.4. The van der Waals surface area contributed by atoms with E-state index in [1.54, 1.807) is 0 Å². The normalized spacial score (nSPS) is 42.2.